The third-order valence-corrected chi connectivity index (χ3v) is 3.00. The minimum Gasteiger partial charge on any atom is -0.382 e. The Kier molecular flexibility index (Phi) is 8.49. The molecule has 0 saturated heterocycles. The molecule has 0 aromatic carbocycles. The van der Waals surface area contributed by atoms with E-state index >= 15 is 0 Å². The van der Waals surface area contributed by atoms with Gasteiger partial charge in [0.05, 0.1) is 33.0 Å². The summed E-state index contributed by atoms with van der Waals surface area (Å²) >= 11 is 0. The lowest BCUT2D eigenvalue weighted by Crippen LogP contribution is -2.12. The van der Waals surface area contributed by atoms with E-state index in [1.807, 2.05) is 7.05 Å². The van der Waals surface area contributed by atoms with Crippen molar-refractivity contribution in [3.8, 4) is 0 Å². The van der Waals surface area contributed by atoms with Crippen molar-refractivity contribution < 1.29 is 14.2 Å². The number of nitrogens with one attached hydrogen (secondary N) is 1. The van der Waals surface area contributed by atoms with Gasteiger partial charge in [0.1, 0.15) is 0 Å². The van der Waals surface area contributed by atoms with E-state index in [4.69, 9.17) is 14.2 Å². The molecule has 0 aliphatic rings. The van der Waals surface area contributed by atoms with Crippen molar-refractivity contribution in [3.05, 3.63) is 24.0 Å². The fourth-order valence-electron chi connectivity index (χ4n) is 1.66. The fraction of sp³-hybridized carbons (Fsp3) is 0.714. The molecule has 5 heteroatoms. The molecule has 0 spiro atoms. The molecular formula is C14H26N2O3. The van der Waals surface area contributed by atoms with Crippen LogP contribution >= 0.6 is 0 Å². The van der Waals surface area contributed by atoms with E-state index in [0.717, 1.165) is 6.54 Å². The summed E-state index contributed by atoms with van der Waals surface area (Å²) in [6.45, 7) is 6.23. The predicted molar refractivity (Wildman–Crippen MR) is 75.4 cm³/mol. The molecule has 110 valence electrons. The topological polar surface area (TPSA) is 44.7 Å². The average molecular weight is 270 g/mol. The van der Waals surface area contributed by atoms with Crippen LogP contribution in [-0.4, -0.2) is 51.8 Å². The SMILES string of the molecule is CNC(C)c1ccn(CCOCCOCCOC)c1. The van der Waals surface area contributed by atoms with Crippen molar-refractivity contribution in [2.75, 3.05) is 47.2 Å². The van der Waals surface area contributed by atoms with Gasteiger partial charge in [0.15, 0.2) is 0 Å². The van der Waals surface area contributed by atoms with Crippen molar-refractivity contribution in [1.29, 1.82) is 0 Å². The second-order valence-electron chi connectivity index (χ2n) is 4.41. The van der Waals surface area contributed by atoms with Crippen LogP contribution in [0.2, 0.25) is 0 Å². The van der Waals surface area contributed by atoms with Crippen LogP contribution in [0.25, 0.3) is 0 Å². The zero-order valence-electron chi connectivity index (χ0n) is 12.2. The van der Waals surface area contributed by atoms with Crippen molar-refractivity contribution in [3.63, 3.8) is 0 Å². The summed E-state index contributed by atoms with van der Waals surface area (Å²) in [7, 11) is 3.63. The predicted octanol–water partition coefficient (Wildman–Crippen LogP) is 1.45. The summed E-state index contributed by atoms with van der Waals surface area (Å²) in [6, 6.07) is 2.52. The molecule has 1 unspecified atom stereocenters. The van der Waals surface area contributed by atoms with Gasteiger partial charge in [-0.15, -0.1) is 0 Å². The lowest BCUT2D eigenvalue weighted by atomic mass is 10.2. The number of ether oxygens (including phenoxy) is 3. The van der Waals surface area contributed by atoms with Crippen molar-refractivity contribution in [2.24, 2.45) is 0 Å². The second-order valence-corrected chi connectivity index (χ2v) is 4.41. The minimum atomic E-state index is 0.386. The van der Waals surface area contributed by atoms with E-state index in [-0.39, 0.29) is 0 Å². The summed E-state index contributed by atoms with van der Waals surface area (Å²) in [4.78, 5) is 0. The molecule has 0 bridgehead atoms. The van der Waals surface area contributed by atoms with Crippen molar-refractivity contribution >= 4 is 0 Å². The highest BCUT2D eigenvalue weighted by atomic mass is 16.5. The van der Waals surface area contributed by atoms with Crippen LogP contribution in [0.4, 0.5) is 0 Å². The van der Waals surface area contributed by atoms with Crippen LogP contribution in [-0.2, 0) is 20.8 Å². The van der Waals surface area contributed by atoms with Gasteiger partial charge in [-0.2, -0.15) is 0 Å². The Morgan fingerprint density at radius 2 is 1.84 bits per heavy atom. The number of aromatic nitrogens is 1. The number of nitrogens with zero attached hydrogens (tertiary/aromatic N) is 1. The van der Waals surface area contributed by atoms with Gasteiger partial charge in [-0.05, 0) is 25.6 Å². The maximum Gasteiger partial charge on any atom is 0.0701 e. The zero-order chi connectivity index (χ0) is 13.9. The van der Waals surface area contributed by atoms with Crippen LogP contribution in [0.3, 0.4) is 0 Å². The largest absolute Gasteiger partial charge is 0.382 e. The molecule has 1 rings (SSSR count). The Morgan fingerprint density at radius 1 is 1.16 bits per heavy atom. The zero-order valence-corrected chi connectivity index (χ0v) is 12.2. The molecule has 1 atom stereocenters. The minimum absolute atomic E-state index is 0.386. The standard InChI is InChI=1S/C14H26N2O3/c1-13(15-2)14-4-5-16(12-14)6-7-18-10-11-19-9-8-17-3/h4-5,12-13,15H,6-11H2,1-3H3. The molecule has 0 aliphatic carbocycles. The summed E-state index contributed by atoms with van der Waals surface area (Å²) in [5, 5.41) is 3.22. The number of hydrogen-bond acceptors (Lipinski definition) is 4. The Morgan fingerprint density at radius 3 is 2.53 bits per heavy atom. The number of hydrogen-bond donors (Lipinski definition) is 1. The maximum atomic E-state index is 5.51. The summed E-state index contributed by atoms with van der Waals surface area (Å²) in [6.07, 6.45) is 4.24. The molecule has 0 amide bonds. The molecule has 0 radical (unpaired) electrons. The third kappa shape index (κ3) is 6.73. The van der Waals surface area contributed by atoms with E-state index in [1.54, 1.807) is 7.11 Å². The molecule has 0 aliphatic heterocycles. The summed E-state index contributed by atoms with van der Waals surface area (Å²) < 4.78 is 17.9. The van der Waals surface area contributed by atoms with Gasteiger partial charge >= 0.3 is 0 Å². The first kappa shape index (κ1) is 16.2. The molecule has 1 N–H and O–H groups in total. The van der Waals surface area contributed by atoms with E-state index < -0.39 is 0 Å². The Hall–Kier alpha value is -0.880. The van der Waals surface area contributed by atoms with Crippen LogP contribution < -0.4 is 5.32 Å². The van der Waals surface area contributed by atoms with Crippen LogP contribution in [0.1, 0.15) is 18.5 Å². The van der Waals surface area contributed by atoms with Gasteiger partial charge in [-0.1, -0.05) is 0 Å². The normalized spacial score (nSPS) is 12.8. The lowest BCUT2D eigenvalue weighted by molar-refractivity contribution is 0.0230. The van der Waals surface area contributed by atoms with E-state index in [2.05, 4.69) is 35.3 Å². The van der Waals surface area contributed by atoms with Crippen LogP contribution in [0.15, 0.2) is 18.5 Å². The van der Waals surface area contributed by atoms with Crippen molar-refractivity contribution in [1.82, 2.24) is 9.88 Å². The summed E-state index contributed by atoms with van der Waals surface area (Å²) in [5.74, 6) is 0. The molecule has 19 heavy (non-hydrogen) atoms. The first-order valence-corrected chi connectivity index (χ1v) is 6.75. The highest BCUT2D eigenvalue weighted by Crippen LogP contribution is 2.11. The Bertz CT molecular complexity index is 328. The van der Waals surface area contributed by atoms with E-state index in [9.17, 15) is 0 Å². The summed E-state index contributed by atoms with van der Waals surface area (Å²) in [5.41, 5.74) is 1.30. The van der Waals surface area contributed by atoms with Gasteiger partial charge in [0.2, 0.25) is 0 Å². The van der Waals surface area contributed by atoms with Crippen LogP contribution in [0.5, 0.6) is 0 Å². The molecule has 5 nitrogen and oxygen atoms in total. The van der Waals surface area contributed by atoms with Gasteiger partial charge < -0.3 is 24.1 Å². The van der Waals surface area contributed by atoms with Gasteiger partial charge in [-0.3, -0.25) is 0 Å². The first-order valence-electron chi connectivity index (χ1n) is 6.75. The van der Waals surface area contributed by atoms with E-state index in [0.29, 0.717) is 39.1 Å². The van der Waals surface area contributed by atoms with Crippen LogP contribution in [0, 0.1) is 0 Å². The molecular weight excluding hydrogens is 244 g/mol. The molecule has 1 heterocycles. The Labute approximate surface area is 115 Å². The first-order chi connectivity index (χ1) is 9.27. The fourth-order valence-corrected chi connectivity index (χ4v) is 1.66. The Balaban J connectivity index is 2.04. The highest BCUT2D eigenvalue weighted by molar-refractivity contribution is 5.14. The van der Waals surface area contributed by atoms with Crippen molar-refractivity contribution in [2.45, 2.75) is 19.5 Å². The maximum absolute atomic E-state index is 5.51. The monoisotopic (exact) mass is 270 g/mol. The van der Waals surface area contributed by atoms with E-state index in [1.165, 1.54) is 5.56 Å². The lowest BCUT2D eigenvalue weighted by Gasteiger charge is -2.08. The third-order valence-electron chi connectivity index (χ3n) is 3.00. The second kappa shape index (κ2) is 9.97. The molecule has 0 saturated carbocycles. The molecule has 1 aromatic rings. The molecule has 1 aromatic heterocycles. The number of methoxy groups -OCH3 is 1. The van der Waals surface area contributed by atoms with Gasteiger partial charge in [0, 0.05) is 32.1 Å². The average Bonchev–Trinajstić information content (AvgIpc) is 2.89. The number of rotatable bonds is 11. The van der Waals surface area contributed by atoms with Gasteiger partial charge in [0.25, 0.3) is 0 Å². The quantitative estimate of drug-likeness (QED) is 0.618. The molecule has 0 fully saturated rings. The van der Waals surface area contributed by atoms with Gasteiger partial charge in [-0.25, -0.2) is 0 Å². The smallest absolute Gasteiger partial charge is 0.0701 e. The highest BCUT2D eigenvalue weighted by Gasteiger charge is 2.03.